The minimum atomic E-state index is -0.896. The maximum atomic E-state index is 14.9. The zero-order chi connectivity index (χ0) is 23.2. The fourth-order valence-corrected chi connectivity index (χ4v) is 5.27. The van der Waals surface area contributed by atoms with E-state index in [9.17, 15) is 13.6 Å². The van der Waals surface area contributed by atoms with Gasteiger partial charge in [0, 0.05) is 32.3 Å². The molecule has 1 unspecified atom stereocenters. The summed E-state index contributed by atoms with van der Waals surface area (Å²) in [4.78, 5) is 28.4. The summed E-state index contributed by atoms with van der Waals surface area (Å²) in [5.41, 5.74) is 5.07. The molecule has 12 heteroatoms. The Balaban J connectivity index is 1.50. The van der Waals surface area contributed by atoms with E-state index in [0.29, 0.717) is 37.3 Å². The lowest BCUT2D eigenvalue weighted by Crippen LogP contribution is -2.43. The Morgan fingerprint density at radius 1 is 1.36 bits per heavy atom. The van der Waals surface area contributed by atoms with Crippen molar-refractivity contribution in [3.8, 4) is 6.01 Å². The van der Waals surface area contributed by atoms with Crippen LogP contribution in [-0.2, 0) is 9.53 Å². The van der Waals surface area contributed by atoms with Gasteiger partial charge in [0.15, 0.2) is 11.0 Å². The van der Waals surface area contributed by atoms with Crippen LogP contribution in [0.1, 0.15) is 19.3 Å². The number of amides is 1. The third-order valence-corrected chi connectivity index (χ3v) is 7.06. The van der Waals surface area contributed by atoms with Crippen molar-refractivity contribution in [3.05, 3.63) is 17.2 Å². The first kappa shape index (κ1) is 22.4. The number of nitrogens with two attached hydrogens (primary N) is 1. The fraction of sp³-hybridized carbons (Fsp3) is 0.619. The van der Waals surface area contributed by atoms with Crippen LogP contribution >= 0.6 is 11.6 Å². The Kier molecular flexibility index (Phi) is 5.96. The average molecular weight is 483 g/mol. The molecular weight excluding hydrogens is 458 g/mol. The molecule has 1 amide bonds. The quantitative estimate of drug-likeness (QED) is 0.642. The number of primary amides is 1. The molecule has 0 saturated carbocycles. The average Bonchev–Trinajstić information content (AvgIpc) is 3.18. The first-order valence-corrected chi connectivity index (χ1v) is 11.4. The summed E-state index contributed by atoms with van der Waals surface area (Å²) >= 11 is 5.91. The summed E-state index contributed by atoms with van der Waals surface area (Å²) in [5.74, 6) is -1.49. The van der Waals surface area contributed by atoms with Crippen molar-refractivity contribution in [3.63, 3.8) is 0 Å². The first-order valence-electron chi connectivity index (χ1n) is 11.0. The van der Waals surface area contributed by atoms with Crippen LogP contribution in [0.25, 0.3) is 10.9 Å². The molecule has 9 nitrogen and oxygen atoms in total. The highest BCUT2D eigenvalue weighted by atomic mass is 35.5. The van der Waals surface area contributed by atoms with Gasteiger partial charge in [-0.1, -0.05) is 11.6 Å². The van der Waals surface area contributed by atoms with E-state index in [1.165, 1.54) is 6.20 Å². The number of carbonyl (C=O) groups is 1. The summed E-state index contributed by atoms with van der Waals surface area (Å²) in [7, 11) is 0. The molecule has 3 aliphatic heterocycles. The largest absolute Gasteiger partial charge is 0.461 e. The van der Waals surface area contributed by atoms with Gasteiger partial charge in [0.05, 0.1) is 30.1 Å². The van der Waals surface area contributed by atoms with Crippen LogP contribution < -0.4 is 15.4 Å². The molecule has 0 aromatic carbocycles. The Bertz CT molecular complexity index is 1080. The van der Waals surface area contributed by atoms with Gasteiger partial charge in [-0.2, -0.15) is 9.97 Å². The van der Waals surface area contributed by atoms with E-state index in [1.807, 2.05) is 0 Å². The standard InChI is InChI=1S/C21H25ClF2N6O3/c22-17-15(24)16-14(7-26-17)19(29-4-5-32-10-12(8-29)18(25)31)28-20(27-16)33-11-21-2-1-3-30(21)9-13(23)6-21/h7,12-13H,1-6,8-11H2,(H2,25,31)/t12?,13-,21+/m1/s1. The minimum absolute atomic E-state index is 0.0358. The lowest BCUT2D eigenvalue weighted by molar-refractivity contribution is -0.122. The molecule has 2 N–H and O–H groups in total. The van der Waals surface area contributed by atoms with Gasteiger partial charge < -0.3 is 20.1 Å². The van der Waals surface area contributed by atoms with Gasteiger partial charge in [-0.25, -0.2) is 13.8 Å². The molecule has 0 aliphatic carbocycles. The summed E-state index contributed by atoms with van der Waals surface area (Å²) < 4.78 is 40.5. The molecular formula is C21H25ClF2N6O3. The van der Waals surface area contributed by atoms with Crippen LogP contribution in [0.5, 0.6) is 6.01 Å². The molecule has 2 aromatic heterocycles. The lowest BCUT2D eigenvalue weighted by atomic mass is 9.95. The number of hydrogen-bond acceptors (Lipinski definition) is 8. The monoisotopic (exact) mass is 482 g/mol. The van der Waals surface area contributed by atoms with Crippen molar-refractivity contribution < 1.29 is 23.0 Å². The van der Waals surface area contributed by atoms with Crippen LogP contribution in [0.3, 0.4) is 0 Å². The molecule has 3 aliphatic rings. The normalized spacial score (nSPS) is 28.2. The van der Waals surface area contributed by atoms with Crippen LogP contribution in [0, 0.1) is 11.7 Å². The number of carbonyl (C=O) groups excluding carboxylic acids is 1. The molecule has 5 rings (SSSR count). The molecule has 5 heterocycles. The predicted octanol–water partition coefficient (Wildman–Crippen LogP) is 1.71. The number of fused-ring (bicyclic) bond motifs is 2. The smallest absolute Gasteiger partial charge is 0.319 e. The topological polar surface area (TPSA) is 107 Å². The van der Waals surface area contributed by atoms with Crippen molar-refractivity contribution in [2.75, 3.05) is 50.9 Å². The highest BCUT2D eigenvalue weighted by Crippen LogP contribution is 2.40. The molecule has 33 heavy (non-hydrogen) atoms. The van der Waals surface area contributed by atoms with E-state index in [-0.39, 0.29) is 36.4 Å². The lowest BCUT2D eigenvalue weighted by Gasteiger charge is -2.31. The van der Waals surface area contributed by atoms with Gasteiger partial charge in [0.25, 0.3) is 0 Å². The maximum absolute atomic E-state index is 14.9. The maximum Gasteiger partial charge on any atom is 0.319 e. The van der Waals surface area contributed by atoms with Gasteiger partial charge in [-0.05, 0) is 19.4 Å². The summed E-state index contributed by atoms with van der Waals surface area (Å²) in [6.45, 7) is 2.60. The van der Waals surface area contributed by atoms with Gasteiger partial charge in [0.2, 0.25) is 5.91 Å². The van der Waals surface area contributed by atoms with E-state index in [2.05, 4.69) is 19.9 Å². The number of ether oxygens (including phenoxy) is 2. The van der Waals surface area contributed by atoms with Crippen LogP contribution in [0.2, 0.25) is 5.15 Å². The Morgan fingerprint density at radius 2 is 2.21 bits per heavy atom. The SMILES string of the molecule is NC(=O)C1COCCN(c2nc(OC[C@@]34CCCN3C[C@H](F)C4)nc3c(F)c(Cl)ncc23)C1. The number of hydrogen-bond donors (Lipinski definition) is 1. The third kappa shape index (κ3) is 4.17. The number of rotatable bonds is 5. The van der Waals surface area contributed by atoms with Crippen molar-refractivity contribution in [2.24, 2.45) is 11.7 Å². The van der Waals surface area contributed by atoms with Gasteiger partial charge in [-0.3, -0.25) is 9.69 Å². The Labute approximate surface area is 194 Å². The number of anilines is 1. The molecule has 0 radical (unpaired) electrons. The fourth-order valence-electron chi connectivity index (χ4n) is 5.13. The summed E-state index contributed by atoms with van der Waals surface area (Å²) in [6, 6.07) is -0.0389. The Hall–Kier alpha value is -2.37. The second kappa shape index (κ2) is 8.77. The second-order valence-corrected chi connectivity index (χ2v) is 9.30. The summed E-state index contributed by atoms with van der Waals surface area (Å²) in [5, 5.41) is 0.0173. The second-order valence-electron chi connectivity index (χ2n) is 8.94. The molecule has 178 valence electrons. The number of alkyl halides is 1. The molecule has 0 bridgehead atoms. The third-order valence-electron chi connectivity index (χ3n) is 6.80. The molecule has 3 saturated heterocycles. The highest BCUT2D eigenvalue weighted by Gasteiger charge is 2.49. The zero-order valence-electron chi connectivity index (χ0n) is 18.0. The van der Waals surface area contributed by atoms with Crippen LogP contribution in [0.4, 0.5) is 14.6 Å². The first-order chi connectivity index (χ1) is 15.9. The van der Waals surface area contributed by atoms with E-state index in [1.54, 1.807) is 4.90 Å². The van der Waals surface area contributed by atoms with Crippen LogP contribution in [0.15, 0.2) is 6.20 Å². The molecule has 3 atom stereocenters. The minimum Gasteiger partial charge on any atom is -0.461 e. The van der Waals surface area contributed by atoms with Gasteiger partial charge in [0.1, 0.15) is 24.1 Å². The molecule has 3 fully saturated rings. The van der Waals surface area contributed by atoms with Crippen molar-refractivity contribution in [2.45, 2.75) is 31.0 Å². The van der Waals surface area contributed by atoms with E-state index < -0.39 is 29.4 Å². The van der Waals surface area contributed by atoms with Gasteiger partial charge in [-0.15, -0.1) is 0 Å². The van der Waals surface area contributed by atoms with Gasteiger partial charge >= 0.3 is 6.01 Å². The zero-order valence-corrected chi connectivity index (χ0v) is 18.7. The van der Waals surface area contributed by atoms with E-state index in [4.69, 9.17) is 26.8 Å². The van der Waals surface area contributed by atoms with E-state index in [0.717, 1.165) is 19.4 Å². The number of nitrogens with zero attached hydrogens (tertiary/aromatic N) is 5. The van der Waals surface area contributed by atoms with E-state index >= 15 is 0 Å². The molecule has 0 spiro atoms. The number of pyridine rings is 1. The van der Waals surface area contributed by atoms with Crippen molar-refractivity contribution >= 4 is 34.2 Å². The highest BCUT2D eigenvalue weighted by molar-refractivity contribution is 6.30. The Morgan fingerprint density at radius 3 is 3.03 bits per heavy atom. The van der Waals surface area contributed by atoms with Crippen LogP contribution in [-0.4, -0.2) is 83.5 Å². The molecule has 2 aromatic rings. The number of aromatic nitrogens is 3. The predicted molar refractivity (Wildman–Crippen MR) is 117 cm³/mol. The van der Waals surface area contributed by atoms with Crippen molar-refractivity contribution in [1.29, 1.82) is 0 Å². The number of halogens is 3. The summed E-state index contributed by atoms with van der Waals surface area (Å²) in [6.07, 6.45) is 2.68. The van der Waals surface area contributed by atoms with Crippen molar-refractivity contribution in [1.82, 2.24) is 19.9 Å².